The minimum atomic E-state index is -0.184. The summed E-state index contributed by atoms with van der Waals surface area (Å²) in [5.74, 6) is 0.549. The molecule has 1 heterocycles. The molecular formula is C16H19N3O3. The number of rotatable bonds is 6. The molecule has 1 aromatic heterocycles. The molecule has 1 N–H and O–H groups in total. The molecule has 0 aliphatic rings. The maximum Gasteiger partial charge on any atom is 0.256 e. The van der Waals surface area contributed by atoms with Gasteiger partial charge in [-0.05, 0) is 38.1 Å². The Morgan fingerprint density at radius 1 is 1.32 bits per heavy atom. The summed E-state index contributed by atoms with van der Waals surface area (Å²) in [6, 6.07) is 6.93. The summed E-state index contributed by atoms with van der Waals surface area (Å²) in [5, 5.41) is 2.78. The summed E-state index contributed by atoms with van der Waals surface area (Å²) in [6.45, 7) is 4.95. The van der Waals surface area contributed by atoms with E-state index in [0.717, 1.165) is 5.75 Å². The lowest BCUT2D eigenvalue weighted by Crippen LogP contribution is -2.31. The topological polar surface area (TPSA) is 73.2 Å². The van der Waals surface area contributed by atoms with Crippen LogP contribution in [0.5, 0.6) is 5.75 Å². The van der Waals surface area contributed by atoms with Gasteiger partial charge in [0.1, 0.15) is 5.75 Å². The number of hydrogen-bond acceptors (Lipinski definition) is 4. The Hall–Kier alpha value is -2.63. The Morgan fingerprint density at radius 3 is 2.73 bits per heavy atom. The minimum absolute atomic E-state index is 0.0923. The lowest BCUT2D eigenvalue weighted by molar-refractivity contribution is 0.0952. The van der Waals surface area contributed by atoms with Gasteiger partial charge >= 0.3 is 0 Å². The normalized spacial score (nSPS) is 10.3. The Kier molecular flexibility index (Phi) is 5.30. The maximum absolute atomic E-state index is 12.0. The van der Waals surface area contributed by atoms with Crippen LogP contribution in [0, 0.1) is 6.92 Å². The molecule has 1 aromatic carbocycles. The zero-order valence-corrected chi connectivity index (χ0v) is 12.7. The fourth-order valence-electron chi connectivity index (χ4n) is 1.98. The fourth-order valence-corrected chi connectivity index (χ4v) is 1.98. The van der Waals surface area contributed by atoms with E-state index in [-0.39, 0.29) is 11.5 Å². The number of nitrogens with zero attached hydrogens (tertiary/aromatic N) is 2. The van der Waals surface area contributed by atoms with Crippen molar-refractivity contribution in [3.05, 3.63) is 58.3 Å². The molecule has 0 spiro atoms. The molecule has 0 unspecified atom stereocenters. The number of carbonyl (C=O) groups excluding carboxylic acids is 1. The summed E-state index contributed by atoms with van der Waals surface area (Å²) in [4.78, 5) is 27.8. The summed E-state index contributed by atoms with van der Waals surface area (Å²) in [5.41, 5.74) is 1.05. The van der Waals surface area contributed by atoms with E-state index in [2.05, 4.69) is 10.3 Å². The van der Waals surface area contributed by atoms with Gasteiger partial charge in [0, 0.05) is 30.4 Å². The Labute approximate surface area is 128 Å². The molecule has 0 saturated carbocycles. The van der Waals surface area contributed by atoms with Crippen LogP contribution in [0.2, 0.25) is 0 Å². The third kappa shape index (κ3) is 3.94. The lowest BCUT2D eigenvalue weighted by atomic mass is 10.2. The predicted octanol–water partition coefficient (Wildman–Crippen LogP) is 1.38. The first-order valence-electron chi connectivity index (χ1n) is 7.14. The Bertz CT molecular complexity index is 693. The standard InChI is InChI=1S/C16H19N3O3/c1-3-22-14-6-4-13(5-7-14)15(20)18-8-9-19-11-17-10-12(2)16(19)21/h4-7,10-11H,3,8-9H2,1-2H3,(H,18,20). The van der Waals surface area contributed by atoms with E-state index in [1.807, 2.05) is 6.92 Å². The van der Waals surface area contributed by atoms with Crippen molar-refractivity contribution in [1.29, 1.82) is 0 Å². The zero-order chi connectivity index (χ0) is 15.9. The number of nitrogens with one attached hydrogen (secondary N) is 1. The molecule has 0 fully saturated rings. The third-order valence-corrected chi connectivity index (χ3v) is 3.14. The zero-order valence-electron chi connectivity index (χ0n) is 12.7. The molecule has 1 amide bonds. The van der Waals surface area contributed by atoms with E-state index in [1.165, 1.54) is 17.1 Å². The SMILES string of the molecule is CCOc1ccc(C(=O)NCCn2cncc(C)c2=O)cc1. The van der Waals surface area contributed by atoms with Crippen molar-refractivity contribution in [2.45, 2.75) is 20.4 Å². The van der Waals surface area contributed by atoms with Crippen LogP contribution in [0.15, 0.2) is 41.6 Å². The minimum Gasteiger partial charge on any atom is -0.494 e. The van der Waals surface area contributed by atoms with Gasteiger partial charge in [-0.2, -0.15) is 0 Å². The van der Waals surface area contributed by atoms with Gasteiger partial charge in [0.05, 0.1) is 12.9 Å². The van der Waals surface area contributed by atoms with Crippen molar-refractivity contribution < 1.29 is 9.53 Å². The van der Waals surface area contributed by atoms with Crippen molar-refractivity contribution in [3.63, 3.8) is 0 Å². The van der Waals surface area contributed by atoms with E-state index >= 15 is 0 Å². The number of carbonyl (C=O) groups is 1. The van der Waals surface area contributed by atoms with Gasteiger partial charge in [-0.25, -0.2) is 4.98 Å². The van der Waals surface area contributed by atoms with Gasteiger partial charge in [0.15, 0.2) is 0 Å². The highest BCUT2D eigenvalue weighted by Crippen LogP contribution is 2.11. The highest BCUT2D eigenvalue weighted by atomic mass is 16.5. The van der Waals surface area contributed by atoms with Crippen molar-refractivity contribution >= 4 is 5.91 Å². The summed E-state index contributed by atoms with van der Waals surface area (Å²) in [7, 11) is 0. The van der Waals surface area contributed by atoms with Crippen LogP contribution in [0.25, 0.3) is 0 Å². The molecular weight excluding hydrogens is 282 g/mol. The third-order valence-electron chi connectivity index (χ3n) is 3.14. The van der Waals surface area contributed by atoms with Gasteiger partial charge < -0.3 is 10.1 Å². The van der Waals surface area contributed by atoms with Gasteiger partial charge in [0.25, 0.3) is 11.5 Å². The largest absolute Gasteiger partial charge is 0.494 e. The number of benzene rings is 1. The average molecular weight is 301 g/mol. The Morgan fingerprint density at radius 2 is 2.05 bits per heavy atom. The monoisotopic (exact) mass is 301 g/mol. The summed E-state index contributed by atoms with van der Waals surface area (Å²) < 4.78 is 6.81. The number of aromatic nitrogens is 2. The second-order valence-corrected chi connectivity index (χ2v) is 4.79. The molecule has 2 aromatic rings. The average Bonchev–Trinajstić information content (AvgIpc) is 2.52. The first kappa shape index (κ1) is 15.8. The smallest absolute Gasteiger partial charge is 0.256 e. The van der Waals surface area contributed by atoms with Crippen LogP contribution in [0.3, 0.4) is 0 Å². The van der Waals surface area contributed by atoms with Crippen molar-refractivity contribution in [2.24, 2.45) is 0 Å². The highest BCUT2D eigenvalue weighted by Gasteiger charge is 2.06. The molecule has 2 rings (SSSR count). The van der Waals surface area contributed by atoms with Crippen LogP contribution < -0.4 is 15.6 Å². The van der Waals surface area contributed by atoms with Crippen LogP contribution in [-0.4, -0.2) is 28.6 Å². The van der Waals surface area contributed by atoms with Gasteiger partial charge in [0.2, 0.25) is 0 Å². The highest BCUT2D eigenvalue weighted by molar-refractivity contribution is 5.94. The fraction of sp³-hybridized carbons (Fsp3) is 0.312. The lowest BCUT2D eigenvalue weighted by Gasteiger charge is -2.08. The van der Waals surface area contributed by atoms with Gasteiger partial charge in [-0.15, -0.1) is 0 Å². The quantitative estimate of drug-likeness (QED) is 0.875. The first-order valence-corrected chi connectivity index (χ1v) is 7.14. The second-order valence-electron chi connectivity index (χ2n) is 4.79. The molecule has 0 saturated heterocycles. The maximum atomic E-state index is 12.0. The molecule has 0 atom stereocenters. The molecule has 6 nitrogen and oxygen atoms in total. The molecule has 0 aliphatic heterocycles. The van der Waals surface area contributed by atoms with E-state index in [0.29, 0.717) is 30.8 Å². The predicted molar refractivity (Wildman–Crippen MR) is 83.2 cm³/mol. The van der Waals surface area contributed by atoms with E-state index < -0.39 is 0 Å². The number of aryl methyl sites for hydroxylation is 1. The van der Waals surface area contributed by atoms with Gasteiger partial charge in [-0.3, -0.25) is 14.2 Å². The number of hydrogen-bond donors (Lipinski definition) is 1. The molecule has 22 heavy (non-hydrogen) atoms. The van der Waals surface area contributed by atoms with Crippen molar-refractivity contribution in [1.82, 2.24) is 14.9 Å². The van der Waals surface area contributed by atoms with Crippen LogP contribution >= 0.6 is 0 Å². The van der Waals surface area contributed by atoms with Crippen molar-refractivity contribution in [2.75, 3.05) is 13.2 Å². The molecule has 0 bridgehead atoms. The van der Waals surface area contributed by atoms with E-state index in [1.54, 1.807) is 31.2 Å². The van der Waals surface area contributed by atoms with E-state index in [9.17, 15) is 9.59 Å². The molecule has 6 heteroatoms. The molecule has 116 valence electrons. The summed E-state index contributed by atoms with van der Waals surface area (Å²) in [6.07, 6.45) is 3.00. The Balaban J connectivity index is 1.90. The number of ether oxygens (including phenoxy) is 1. The molecule has 0 aliphatic carbocycles. The van der Waals surface area contributed by atoms with Crippen molar-refractivity contribution in [3.8, 4) is 5.75 Å². The van der Waals surface area contributed by atoms with Crippen LogP contribution in [0.1, 0.15) is 22.8 Å². The van der Waals surface area contributed by atoms with Gasteiger partial charge in [-0.1, -0.05) is 0 Å². The summed E-state index contributed by atoms with van der Waals surface area (Å²) >= 11 is 0. The van der Waals surface area contributed by atoms with Crippen LogP contribution in [0.4, 0.5) is 0 Å². The van der Waals surface area contributed by atoms with E-state index in [4.69, 9.17) is 4.74 Å². The first-order chi connectivity index (χ1) is 10.6. The number of amides is 1. The molecule has 0 radical (unpaired) electrons. The van der Waals surface area contributed by atoms with Crippen LogP contribution in [-0.2, 0) is 6.54 Å². The second kappa shape index (κ2) is 7.40.